The topological polar surface area (TPSA) is 0 Å². The second-order valence-corrected chi connectivity index (χ2v) is 5.88. The quantitative estimate of drug-likeness (QED) is 0.324. The van der Waals surface area contributed by atoms with Gasteiger partial charge in [-0.1, -0.05) is 63.6 Å². The maximum Gasteiger partial charge on any atom is 0.426 e. The summed E-state index contributed by atoms with van der Waals surface area (Å²) < 4.78 is 73.9. The van der Waals surface area contributed by atoms with Crippen LogP contribution >= 0.6 is 11.8 Å². The zero-order valence-electron chi connectivity index (χ0n) is 11.3. The first-order valence-electron chi connectivity index (χ1n) is 6.73. The fourth-order valence-corrected chi connectivity index (χ4v) is 2.54. The van der Waals surface area contributed by atoms with E-state index in [4.69, 9.17) is 0 Å². The van der Waals surface area contributed by atoms with Crippen molar-refractivity contribution in [2.24, 2.45) is 0 Å². The van der Waals surface area contributed by atoms with E-state index < -0.39 is 17.6 Å². The third-order valence-corrected chi connectivity index (χ3v) is 3.86. The molecule has 0 saturated carbocycles. The summed E-state index contributed by atoms with van der Waals surface area (Å²) in [6, 6.07) is 0. The SMILES string of the molecule is [CH2]CCCCCCCCCSC(F)(F)C(F)C(F)(F)F. The van der Waals surface area contributed by atoms with Gasteiger partial charge in [-0.15, -0.1) is 0 Å². The van der Waals surface area contributed by atoms with Crippen LogP contribution in [0.15, 0.2) is 0 Å². The van der Waals surface area contributed by atoms with Crippen molar-refractivity contribution in [1.29, 1.82) is 0 Å². The summed E-state index contributed by atoms with van der Waals surface area (Å²) in [5.74, 6) is -0.164. The monoisotopic (exact) mass is 323 g/mol. The second kappa shape index (κ2) is 9.79. The van der Waals surface area contributed by atoms with E-state index in [0.29, 0.717) is 12.8 Å². The molecule has 0 aliphatic carbocycles. The molecule has 1 unspecified atom stereocenters. The molecule has 0 aliphatic rings. The molecule has 7 heteroatoms. The first kappa shape index (κ1) is 19.9. The molecule has 0 saturated heterocycles. The van der Waals surface area contributed by atoms with Crippen molar-refractivity contribution in [2.75, 3.05) is 5.75 Å². The fraction of sp³-hybridized carbons (Fsp3) is 0.923. The average Bonchev–Trinajstić information content (AvgIpc) is 2.34. The Morgan fingerprint density at radius 3 is 1.70 bits per heavy atom. The van der Waals surface area contributed by atoms with Crippen molar-refractivity contribution in [1.82, 2.24) is 0 Å². The van der Waals surface area contributed by atoms with Gasteiger partial charge in [0.2, 0.25) is 0 Å². The molecule has 0 spiro atoms. The third-order valence-electron chi connectivity index (χ3n) is 2.77. The molecule has 0 rings (SSSR count). The Labute approximate surface area is 120 Å². The Bertz CT molecular complexity index is 242. The minimum atomic E-state index is -5.51. The van der Waals surface area contributed by atoms with Crippen LogP contribution in [0, 0.1) is 6.92 Å². The first-order valence-corrected chi connectivity index (χ1v) is 7.72. The summed E-state index contributed by atoms with van der Waals surface area (Å²) in [6.07, 6.45) is -2.60. The second-order valence-electron chi connectivity index (χ2n) is 4.64. The van der Waals surface area contributed by atoms with E-state index in [2.05, 4.69) is 6.92 Å². The van der Waals surface area contributed by atoms with E-state index in [9.17, 15) is 26.3 Å². The normalized spacial score (nSPS) is 14.6. The van der Waals surface area contributed by atoms with Crippen LogP contribution in [-0.4, -0.2) is 23.4 Å². The van der Waals surface area contributed by atoms with Crippen LogP contribution in [0.25, 0.3) is 0 Å². The molecule has 0 heterocycles. The molecular formula is C13H21F6S. The van der Waals surface area contributed by atoms with Gasteiger partial charge in [-0.25, -0.2) is 4.39 Å². The van der Waals surface area contributed by atoms with Crippen LogP contribution < -0.4 is 0 Å². The lowest BCUT2D eigenvalue weighted by atomic mass is 10.1. The third kappa shape index (κ3) is 8.97. The lowest BCUT2D eigenvalue weighted by molar-refractivity contribution is -0.219. The molecule has 0 aromatic carbocycles. The van der Waals surface area contributed by atoms with Crippen LogP contribution in [0.4, 0.5) is 26.3 Å². The first-order chi connectivity index (χ1) is 9.22. The summed E-state index contributed by atoms with van der Waals surface area (Å²) in [4.78, 5) is 0. The van der Waals surface area contributed by atoms with Crippen molar-refractivity contribution in [3.8, 4) is 0 Å². The highest BCUT2D eigenvalue weighted by atomic mass is 32.2. The fourth-order valence-electron chi connectivity index (χ4n) is 1.63. The van der Waals surface area contributed by atoms with Crippen LogP contribution in [0.1, 0.15) is 51.4 Å². The van der Waals surface area contributed by atoms with Crippen LogP contribution in [0.5, 0.6) is 0 Å². The zero-order valence-corrected chi connectivity index (χ0v) is 12.1. The number of rotatable bonds is 11. The van der Waals surface area contributed by atoms with Gasteiger partial charge in [-0.3, -0.25) is 0 Å². The van der Waals surface area contributed by atoms with Crippen LogP contribution in [-0.2, 0) is 0 Å². The van der Waals surface area contributed by atoms with Gasteiger partial charge in [0.1, 0.15) is 0 Å². The smallest absolute Gasteiger partial charge is 0.230 e. The summed E-state index contributed by atoms with van der Waals surface area (Å²) in [5, 5.41) is -4.40. The van der Waals surface area contributed by atoms with E-state index in [1.165, 1.54) is 0 Å². The molecule has 1 atom stereocenters. The molecule has 0 N–H and O–H groups in total. The predicted molar refractivity (Wildman–Crippen MR) is 70.6 cm³/mol. The number of unbranched alkanes of at least 4 members (excludes halogenated alkanes) is 7. The van der Waals surface area contributed by atoms with E-state index in [1.807, 2.05) is 0 Å². The van der Waals surface area contributed by atoms with Crippen LogP contribution in [0.3, 0.4) is 0 Å². The van der Waals surface area contributed by atoms with E-state index in [1.54, 1.807) is 0 Å². The molecule has 20 heavy (non-hydrogen) atoms. The maximum absolute atomic E-state index is 12.9. The highest BCUT2D eigenvalue weighted by Crippen LogP contribution is 2.42. The van der Waals surface area contributed by atoms with Gasteiger partial charge in [0.05, 0.1) is 0 Å². The van der Waals surface area contributed by atoms with Gasteiger partial charge in [-0.05, 0) is 12.2 Å². The Hall–Kier alpha value is -0.0700. The minimum absolute atomic E-state index is 0.164. The van der Waals surface area contributed by atoms with Gasteiger partial charge in [0.15, 0.2) is 0 Å². The highest BCUT2D eigenvalue weighted by molar-refractivity contribution is 8.00. The Morgan fingerprint density at radius 2 is 1.25 bits per heavy atom. The molecule has 0 nitrogen and oxygen atoms in total. The van der Waals surface area contributed by atoms with Gasteiger partial charge in [-0.2, -0.15) is 22.0 Å². The molecule has 0 aromatic rings. The Morgan fingerprint density at radius 1 is 0.800 bits per heavy atom. The van der Waals surface area contributed by atoms with Gasteiger partial charge < -0.3 is 0 Å². The molecule has 0 fully saturated rings. The van der Waals surface area contributed by atoms with Crippen molar-refractivity contribution in [3.63, 3.8) is 0 Å². The summed E-state index contributed by atoms with van der Waals surface area (Å²) >= 11 is -0.251. The predicted octanol–water partition coefficient (Wildman–Crippen LogP) is 6.17. The van der Waals surface area contributed by atoms with Gasteiger partial charge >= 0.3 is 11.4 Å². The standard InChI is InChI=1S/C13H21F6S/c1-2-3-4-5-6-7-8-9-10-20-13(18,19)11(14)12(15,16)17/h11H,1-10H2. The lowest BCUT2D eigenvalue weighted by Gasteiger charge is -2.21. The summed E-state index contributed by atoms with van der Waals surface area (Å²) in [6.45, 7) is 3.71. The van der Waals surface area contributed by atoms with E-state index in [-0.39, 0.29) is 17.5 Å². The molecule has 121 valence electrons. The van der Waals surface area contributed by atoms with Crippen molar-refractivity contribution in [3.05, 3.63) is 6.92 Å². The van der Waals surface area contributed by atoms with Crippen molar-refractivity contribution >= 4 is 11.8 Å². The maximum atomic E-state index is 12.9. The zero-order chi connectivity index (χ0) is 15.6. The van der Waals surface area contributed by atoms with Crippen LogP contribution in [0.2, 0.25) is 0 Å². The molecule has 0 bridgehead atoms. The summed E-state index contributed by atoms with van der Waals surface area (Å²) in [5.41, 5.74) is 0. The molecular weight excluding hydrogens is 302 g/mol. The number of hydrogen-bond acceptors (Lipinski definition) is 1. The largest absolute Gasteiger partial charge is 0.426 e. The Kier molecular flexibility index (Phi) is 9.76. The molecule has 0 aliphatic heterocycles. The Balaban J connectivity index is 3.63. The molecule has 0 amide bonds. The van der Waals surface area contributed by atoms with Gasteiger partial charge in [0, 0.05) is 0 Å². The van der Waals surface area contributed by atoms with E-state index >= 15 is 0 Å². The number of alkyl halides is 6. The van der Waals surface area contributed by atoms with Gasteiger partial charge in [0.25, 0.3) is 6.17 Å². The molecule has 1 radical (unpaired) electrons. The van der Waals surface area contributed by atoms with E-state index in [0.717, 1.165) is 38.5 Å². The highest BCUT2D eigenvalue weighted by Gasteiger charge is 2.56. The average molecular weight is 323 g/mol. The lowest BCUT2D eigenvalue weighted by Crippen LogP contribution is -2.39. The minimum Gasteiger partial charge on any atom is -0.230 e. The van der Waals surface area contributed by atoms with Crippen molar-refractivity contribution in [2.45, 2.75) is 69.0 Å². The molecule has 0 aromatic heterocycles. The number of halogens is 6. The van der Waals surface area contributed by atoms with Crippen molar-refractivity contribution < 1.29 is 26.3 Å². The summed E-state index contributed by atoms with van der Waals surface area (Å²) in [7, 11) is 0. The number of thioether (sulfide) groups is 1. The number of hydrogen-bond donors (Lipinski definition) is 0.